The molecule has 33 heavy (non-hydrogen) atoms. The average molecular weight is 531 g/mol. The summed E-state index contributed by atoms with van der Waals surface area (Å²) in [5.41, 5.74) is 0. The number of esters is 2. The van der Waals surface area contributed by atoms with Crippen molar-refractivity contribution in [1.82, 2.24) is 0 Å². The Labute approximate surface area is 218 Å². The predicted octanol–water partition coefficient (Wildman–Crippen LogP) is 1.91. The van der Waals surface area contributed by atoms with E-state index in [1.807, 2.05) is 0 Å². The molecular formula is C24H26O8Y-2. The zero-order chi connectivity index (χ0) is 23.6. The number of aliphatic hydroxyl groups excluding tert-OH is 2. The van der Waals surface area contributed by atoms with Gasteiger partial charge in [0.15, 0.2) is 0 Å². The molecule has 0 saturated carbocycles. The van der Waals surface area contributed by atoms with Crippen LogP contribution in [-0.4, -0.2) is 60.8 Å². The third-order valence-electron chi connectivity index (χ3n) is 3.43. The summed E-state index contributed by atoms with van der Waals surface area (Å²) >= 11 is 0. The zero-order valence-electron chi connectivity index (χ0n) is 18.1. The first-order chi connectivity index (χ1) is 15.4. The molecular weight excluding hydrogens is 505 g/mol. The largest absolute Gasteiger partial charge is 0.516 e. The zero-order valence-corrected chi connectivity index (χ0v) is 20.9. The van der Waals surface area contributed by atoms with Gasteiger partial charge in [-0.05, 0) is 0 Å². The number of benzene rings is 2. The van der Waals surface area contributed by atoms with Crippen LogP contribution in [0.15, 0.2) is 73.8 Å². The van der Waals surface area contributed by atoms with Gasteiger partial charge < -0.3 is 29.2 Å². The first kappa shape index (κ1) is 30.5. The van der Waals surface area contributed by atoms with Gasteiger partial charge in [0, 0.05) is 56.4 Å². The van der Waals surface area contributed by atoms with E-state index in [1.165, 1.54) is 0 Å². The number of carbonyl (C=O) groups is 2. The normalized spacial score (nSPS) is 11.2. The van der Waals surface area contributed by atoms with Gasteiger partial charge in [-0.15, -0.1) is 24.3 Å². The Hall–Kier alpha value is -2.52. The fourth-order valence-corrected chi connectivity index (χ4v) is 1.89. The van der Waals surface area contributed by atoms with E-state index in [0.29, 0.717) is 11.5 Å². The smallest absolute Gasteiger partial charge is 0.330 e. The van der Waals surface area contributed by atoms with Gasteiger partial charge in [-0.2, -0.15) is 36.4 Å². The monoisotopic (exact) mass is 531 g/mol. The molecule has 1 radical (unpaired) electrons. The van der Waals surface area contributed by atoms with Crippen molar-refractivity contribution in [3.05, 3.63) is 86.0 Å². The number of carbonyl (C=O) groups excluding carboxylic acids is 2. The predicted molar refractivity (Wildman–Crippen MR) is 116 cm³/mol. The standard InChI is InChI=1S/2C12H13O4.Y/c2*1-2-12(14)16-9-10(13)8-15-11-6-4-3-5-7-11;/h2*2,4-7,10,13H,1,8-9H2;/q2*-1;. The summed E-state index contributed by atoms with van der Waals surface area (Å²) < 4.78 is 19.8. The minimum absolute atomic E-state index is 0. The molecule has 0 aliphatic heterocycles. The second kappa shape index (κ2) is 19.0. The van der Waals surface area contributed by atoms with Gasteiger partial charge in [-0.3, -0.25) is 0 Å². The summed E-state index contributed by atoms with van der Waals surface area (Å²) in [7, 11) is 0. The molecule has 0 heterocycles. The second-order valence-corrected chi connectivity index (χ2v) is 6.07. The molecule has 0 spiro atoms. The van der Waals surface area contributed by atoms with Crippen LogP contribution in [0.25, 0.3) is 0 Å². The molecule has 2 unspecified atom stereocenters. The van der Waals surface area contributed by atoms with Crippen molar-refractivity contribution < 1.29 is 71.5 Å². The van der Waals surface area contributed by atoms with Gasteiger partial charge >= 0.3 is 11.9 Å². The van der Waals surface area contributed by atoms with Crippen LogP contribution >= 0.6 is 0 Å². The maximum atomic E-state index is 10.7. The fraction of sp³-hybridized carbons (Fsp3) is 0.250. The number of hydrogen-bond donors (Lipinski definition) is 2. The van der Waals surface area contributed by atoms with Gasteiger partial charge in [0.2, 0.25) is 0 Å². The van der Waals surface area contributed by atoms with E-state index >= 15 is 0 Å². The second-order valence-electron chi connectivity index (χ2n) is 6.07. The third-order valence-corrected chi connectivity index (χ3v) is 3.43. The molecule has 0 aliphatic carbocycles. The average Bonchev–Trinajstić information content (AvgIpc) is 2.84. The molecule has 0 bridgehead atoms. The van der Waals surface area contributed by atoms with Crippen molar-refractivity contribution in [3.63, 3.8) is 0 Å². The SMILES string of the molecule is C=CC(=O)OCC(O)COc1cc[c-]cc1.C=CC(=O)OCC(O)COc1cc[c-]cc1.[Y]. The summed E-state index contributed by atoms with van der Waals surface area (Å²) in [6.07, 6.45) is 0.377. The Morgan fingerprint density at radius 1 is 0.758 bits per heavy atom. The molecule has 9 heteroatoms. The van der Waals surface area contributed by atoms with Crippen LogP contribution in [0.5, 0.6) is 11.5 Å². The molecule has 175 valence electrons. The first-order valence-electron chi connectivity index (χ1n) is 9.57. The van der Waals surface area contributed by atoms with Crippen molar-refractivity contribution in [2.75, 3.05) is 26.4 Å². The maximum absolute atomic E-state index is 10.7. The van der Waals surface area contributed by atoms with Crippen LogP contribution in [0.3, 0.4) is 0 Å². The van der Waals surface area contributed by atoms with E-state index in [9.17, 15) is 19.8 Å². The van der Waals surface area contributed by atoms with Crippen LogP contribution in [-0.2, 0) is 51.8 Å². The van der Waals surface area contributed by atoms with Crippen LogP contribution in [0, 0.1) is 12.1 Å². The molecule has 2 N–H and O–H groups in total. The van der Waals surface area contributed by atoms with E-state index < -0.39 is 24.1 Å². The fourth-order valence-electron chi connectivity index (χ4n) is 1.89. The van der Waals surface area contributed by atoms with Crippen LogP contribution in [0.4, 0.5) is 0 Å². The molecule has 2 aromatic carbocycles. The molecule has 0 fully saturated rings. The summed E-state index contributed by atoms with van der Waals surface area (Å²) in [4.78, 5) is 21.4. The summed E-state index contributed by atoms with van der Waals surface area (Å²) in [6, 6.07) is 19.4. The van der Waals surface area contributed by atoms with Gasteiger partial charge in [0.25, 0.3) is 0 Å². The number of ether oxygens (including phenoxy) is 4. The van der Waals surface area contributed by atoms with Crippen molar-refractivity contribution in [2.24, 2.45) is 0 Å². The minimum Gasteiger partial charge on any atom is -0.516 e. The van der Waals surface area contributed by atoms with Crippen molar-refractivity contribution >= 4 is 11.9 Å². The Balaban J connectivity index is 0.000000602. The van der Waals surface area contributed by atoms with E-state index in [2.05, 4.69) is 34.8 Å². The maximum Gasteiger partial charge on any atom is 0.330 e. The first-order valence-corrected chi connectivity index (χ1v) is 9.57. The van der Waals surface area contributed by atoms with Gasteiger partial charge in [-0.1, -0.05) is 13.2 Å². The van der Waals surface area contributed by atoms with E-state index in [-0.39, 0.29) is 59.1 Å². The summed E-state index contributed by atoms with van der Waals surface area (Å²) in [5, 5.41) is 18.8. The minimum atomic E-state index is -0.854. The van der Waals surface area contributed by atoms with Crippen LogP contribution in [0.2, 0.25) is 0 Å². The van der Waals surface area contributed by atoms with Crippen LogP contribution < -0.4 is 9.47 Å². The summed E-state index contributed by atoms with van der Waals surface area (Å²) in [5.74, 6) is 0.141. The molecule has 0 amide bonds. The number of rotatable bonds is 12. The summed E-state index contributed by atoms with van der Waals surface area (Å²) in [6.45, 7) is 6.40. The number of aliphatic hydroxyl groups is 2. The number of hydrogen-bond acceptors (Lipinski definition) is 8. The molecule has 0 aromatic heterocycles. The van der Waals surface area contributed by atoms with Gasteiger partial charge in [-0.25, -0.2) is 9.59 Å². The van der Waals surface area contributed by atoms with E-state index in [0.717, 1.165) is 12.2 Å². The Bertz CT molecular complexity index is 744. The Morgan fingerprint density at radius 2 is 1.09 bits per heavy atom. The van der Waals surface area contributed by atoms with E-state index in [1.54, 1.807) is 48.5 Å². The molecule has 8 nitrogen and oxygen atoms in total. The molecule has 2 rings (SSSR count). The molecule has 2 atom stereocenters. The van der Waals surface area contributed by atoms with Crippen LogP contribution in [0.1, 0.15) is 0 Å². The molecule has 0 aliphatic rings. The molecule has 2 aromatic rings. The van der Waals surface area contributed by atoms with Crippen molar-refractivity contribution in [2.45, 2.75) is 12.2 Å². The van der Waals surface area contributed by atoms with Crippen molar-refractivity contribution in [1.29, 1.82) is 0 Å². The third kappa shape index (κ3) is 15.9. The van der Waals surface area contributed by atoms with Gasteiger partial charge in [0.05, 0.1) is 0 Å². The molecule has 0 saturated heterocycles. The van der Waals surface area contributed by atoms with Gasteiger partial charge in [0.1, 0.15) is 38.6 Å². The topological polar surface area (TPSA) is 112 Å². The Morgan fingerprint density at radius 3 is 1.39 bits per heavy atom. The van der Waals surface area contributed by atoms with Crippen molar-refractivity contribution in [3.8, 4) is 11.5 Å². The quantitative estimate of drug-likeness (QED) is 0.243. The van der Waals surface area contributed by atoms with E-state index in [4.69, 9.17) is 9.47 Å². The Kier molecular flexibility index (Phi) is 17.6.